The molecule has 0 radical (unpaired) electrons. The molecule has 0 aromatic heterocycles. The summed E-state index contributed by atoms with van der Waals surface area (Å²) in [7, 11) is 0. The molecule has 3 nitrogen and oxygen atoms in total. The van der Waals surface area contributed by atoms with Crippen molar-refractivity contribution in [3.8, 4) is 0 Å². The van der Waals surface area contributed by atoms with Gasteiger partial charge in [0.2, 0.25) is 0 Å². The first kappa shape index (κ1) is 16.6. The zero-order valence-corrected chi connectivity index (χ0v) is 13.6. The lowest BCUT2D eigenvalue weighted by Crippen LogP contribution is -2.26. The number of hydrogen-bond donors (Lipinski definition) is 1. The molecule has 1 amide bonds. The molecule has 2 aromatic rings. The highest BCUT2D eigenvalue weighted by molar-refractivity contribution is 9.10. The van der Waals surface area contributed by atoms with Crippen LogP contribution in [-0.2, 0) is 11.3 Å². The molecule has 0 unspecified atom stereocenters. The van der Waals surface area contributed by atoms with Crippen molar-refractivity contribution < 1.29 is 13.9 Å². The van der Waals surface area contributed by atoms with Crippen molar-refractivity contribution in [2.75, 3.05) is 13.2 Å². The maximum absolute atomic E-state index is 13.5. The summed E-state index contributed by atoms with van der Waals surface area (Å²) in [4.78, 5) is 11.9. The fourth-order valence-corrected chi connectivity index (χ4v) is 2.27. The fraction of sp³-hybridized carbons (Fsp3) is 0.235. The van der Waals surface area contributed by atoms with Crippen LogP contribution in [-0.4, -0.2) is 19.1 Å². The Morgan fingerprint density at radius 3 is 2.73 bits per heavy atom. The van der Waals surface area contributed by atoms with Gasteiger partial charge in [-0.2, -0.15) is 0 Å². The summed E-state index contributed by atoms with van der Waals surface area (Å²) in [6.45, 7) is 1.53. The van der Waals surface area contributed by atoms with Crippen LogP contribution in [0.1, 0.15) is 22.3 Å². The van der Waals surface area contributed by atoms with E-state index in [1.807, 2.05) is 30.3 Å². The maximum Gasteiger partial charge on any atom is 0.254 e. The first-order chi connectivity index (χ1) is 10.7. The van der Waals surface area contributed by atoms with Crippen LogP contribution in [0, 0.1) is 5.82 Å². The minimum Gasteiger partial charge on any atom is -0.377 e. The Kier molecular flexibility index (Phi) is 6.55. The molecule has 22 heavy (non-hydrogen) atoms. The SMILES string of the molecule is O=C(NCCCOCc1ccccc1)c1cc(Br)ccc1F. The normalized spacial score (nSPS) is 10.5. The first-order valence-electron chi connectivity index (χ1n) is 7.02. The van der Waals surface area contributed by atoms with Crippen molar-refractivity contribution in [2.24, 2.45) is 0 Å². The molecular formula is C17H17BrFNO2. The molecule has 2 rings (SSSR count). The quantitative estimate of drug-likeness (QED) is 0.755. The van der Waals surface area contributed by atoms with E-state index in [1.165, 1.54) is 12.1 Å². The van der Waals surface area contributed by atoms with Crippen molar-refractivity contribution in [3.63, 3.8) is 0 Å². The van der Waals surface area contributed by atoms with Crippen LogP contribution in [0.5, 0.6) is 0 Å². The predicted octanol–water partition coefficient (Wildman–Crippen LogP) is 3.92. The number of carbonyl (C=O) groups excluding carboxylic acids is 1. The largest absolute Gasteiger partial charge is 0.377 e. The third-order valence-corrected chi connectivity index (χ3v) is 3.53. The molecule has 0 fully saturated rings. The van der Waals surface area contributed by atoms with Gasteiger partial charge in [0, 0.05) is 17.6 Å². The van der Waals surface area contributed by atoms with Gasteiger partial charge in [0.1, 0.15) is 5.82 Å². The van der Waals surface area contributed by atoms with Gasteiger partial charge in [-0.3, -0.25) is 4.79 Å². The summed E-state index contributed by atoms with van der Waals surface area (Å²) in [6, 6.07) is 14.2. The van der Waals surface area contributed by atoms with Gasteiger partial charge in [0.15, 0.2) is 0 Å². The second-order valence-electron chi connectivity index (χ2n) is 4.77. The molecule has 1 N–H and O–H groups in total. The molecule has 0 spiro atoms. The summed E-state index contributed by atoms with van der Waals surface area (Å²) in [5, 5.41) is 2.69. The molecule has 116 valence electrons. The van der Waals surface area contributed by atoms with E-state index in [1.54, 1.807) is 6.07 Å². The summed E-state index contributed by atoms with van der Waals surface area (Å²) in [5.41, 5.74) is 1.15. The lowest BCUT2D eigenvalue weighted by molar-refractivity contribution is 0.0930. The van der Waals surface area contributed by atoms with Crippen molar-refractivity contribution in [1.29, 1.82) is 0 Å². The van der Waals surface area contributed by atoms with Crippen LogP contribution in [0.25, 0.3) is 0 Å². The van der Waals surface area contributed by atoms with Crippen LogP contribution >= 0.6 is 15.9 Å². The predicted molar refractivity (Wildman–Crippen MR) is 87.1 cm³/mol. The number of carbonyl (C=O) groups is 1. The highest BCUT2D eigenvalue weighted by Crippen LogP contribution is 2.15. The minimum absolute atomic E-state index is 0.0413. The van der Waals surface area contributed by atoms with Gasteiger partial charge < -0.3 is 10.1 Å². The van der Waals surface area contributed by atoms with E-state index >= 15 is 0 Å². The number of amides is 1. The Morgan fingerprint density at radius 1 is 1.18 bits per heavy atom. The van der Waals surface area contributed by atoms with Crippen LogP contribution in [0.4, 0.5) is 4.39 Å². The molecular weight excluding hydrogens is 349 g/mol. The minimum atomic E-state index is -0.527. The Bertz CT molecular complexity index is 619. The Labute approximate surface area is 137 Å². The number of ether oxygens (including phenoxy) is 1. The number of benzene rings is 2. The van der Waals surface area contributed by atoms with E-state index < -0.39 is 11.7 Å². The zero-order chi connectivity index (χ0) is 15.8. The second-order valence-corrected chi connectivity index (χ2v) is 5.69. The molecule has 0 atom stereocenters. The third kappa shape index (κ3) is 5.24. The van der Waals surface area contributed by atoms with Gasteiger partial charge in [0.05, 0.1) is 12.2 Å². The Morgan fingerprint density at radius 2 is 1.95 bits per heavy atom. The average Bonchev–Trinajstić information content (AvgIpc) is 2.54. The van der Waals surface area contributed by atoms with Crippen molar-refractivity contribution in [3.05, 3.63) is 69.9 Å². The molecule has 0 heterocycles. The molecule has 5 heteroatoms. The summed E-state index contributed by atoms with van der Waals surface area (Å²) >= 11 is 3.22. The topological polar surface area (TPSA) is 38.3 Å². The first-order valence-corrected chi connectivity index (χ1v) is 7.81. The summed E-state index contributed by atoms with van der Waals surface area (Å²) in [6.07, 6.45) is 0.675. The smallest absolute Gasteiger partial charge is 0.254 e. The molecule has 0 aliphatic rings. The van der Waals surface area contributed by atoms with Gasteiger partial charge in [-0.05, 0) is 30.2 Å². The number of hydrogen-bond acceptors (Lipinski definition) is 2. The van der Waals surface area contributed by atoms with Crippen LogP contribution < -0.4 is 5.32 Å². The van der Waals surface area contributed by atoms with E-state index in [2.05, 4.69) is 21.2 Å². The van der Waals surface area contributed by atoms with Crippen LogP contribution in [0.3, 0.4) is 0 Å². The number of rotatable bonds is 7. The standard InChI is InChI=1S/C17H17BrFNO2/c18-14-7-8-16(19)15(11-14)17(21)20-9-4-10-22-12-13-5-2-1-3-6-13/h1-3,5-8,11H,4,9-10,12H2,(H,20,21). The monoisotopic (exact) mass is 365 g/mol. The maximum atomic E-state index is 13.5. The van der Waals surface area contributed by atoms with E-state index in [9.17, 15) is 9.18 Å². The van der Waals surface area contributed by atoms with Crippen LogP contribution in [0.15, 0.2) is 53.0 Å². The number of nitrogens with one attached hydrogen (secondary N) is 1. The molecule has 0 bridgehead atoms. The van der Waals surface area contributed by atoms with Gasteiger partial charge in [-0.15, -0.1) is 0 Å². The van der Waals surface area contributed by atoms with Gasteiger partial charge in [-0.25, -0.2) is 4.39 Å². The molecule has 0 saturated heterocycles. The molecule has 0 aliphatic heterocycles. The lowest BCUT2D eigenvalue weighted by Gasteiger charge is -2.07. The summed E-state index contributed by atoms with van der Waals surface area (Å²) in [5.74, 6) is -0.942. The van der Waals surface area contributed by atoms with Crippen LogP contribution in [0.2, 0.25) is 0 Å². The average molecular weight is 366 g/mol. The van der Waals surface area contributed by atoms with Gasteiger partial charge >= 0.3 is 0 Å². The van der Waals surface area contributed by atoms with Gasteiger partial charge in [-0.1, -0.05) is 46.3 Å². The van der Waals surface area contributed by atoms with Gasteiger partial charge in [0.25, 0.3) is 5.91 Å². The zero-order valence-electron chi connectivity index (χ0n) is 12.0. The third-order valence-electron chi connectivity index (χ3n) is 3.04. The lowest BCUT2D eigenvalue weighted by atomic mass is 10.2. The molecule has 0 aliphatic carbocycles. The Hall–Kier alpha value is -1.72. The van der Waals surface area contributed by atoms with Crippen molar-refractivity contribution in [2.45, 2.75) is 13.0 Å². The van der Waals surface area contributed by atoms with E-state index in [-0.39, 0.29) is 5.56 Å². The second kappa shape index (κ2) is 8.66. The molecule has 0 saturated carbocycles. The Balaban J connectivity index is 1.66. The van der Waals surface area contributed by atoms with E-state index in [0.717, 1.165) is 5.56 Å². The van der Waals surface area contributed by atoms with E-state index in [4.69, 9.17) is 4.74 Å². The van der Waals surface area contributed by atoms with Crippen molar-refractivity contribution >= 4 is 21.8 Å². The number of halogens is 2. The summed E-state index contributed by atoms with van der Waals surface area (Å²) < 4.78 is 19.7. The highest BCUT2D eigenvalue weighted by atomic mass is 79.9. The highest BCUT2D eigenvalue weighted by Gasteiger charge is 2.11. The molecule has 2 aromatic carbocycles. The van der Waals surface area contributed by atoms with Crippen molar-refractivity contribution in [1.82, 2.24) is 5.32 Å². The fourth-order valence-electron chi connectivity index (χ4n) is 1.91. The van der Waals surface area contributed by atoms with E-state index in [0.29, 0.717) is 30.7 Å².